The van der Waals surface area contributed by atoms with Gasteiger partial charge in [0.2, 0.25) is 5.91 Å². The van der Waals surface area contributed by atoms with E-state index in [0.717, 1.165) is 23.1 Å². The number of carboxylic acids is 1. The highest BCUT2D eigenvalue weighted by Crippen LogP contribution is 2.27. The number of aromatic nitrogens is 3. The van der Waals surface area contributed by atoms with Crippen LogP contribution in [0.25, 0.3) is 0 Å². The van der Waals surface area contributed by atoms with Crippen molar-refractivity contribution in [3.63, 3.8) is 0 Å². The van der Waals surface area contributed by atoms with Crippen LogP contribution in [0.2, 0.25) is 0 Å². The summed E-state index contributed by atoms with van der Waals surface area (Å²) in [5.41, 5.74) is 0.508. The molecule has 1 amide bonds. The fraction of sp³-hybridized carbons (Fsp3) is 0.375. The number of halogens is 1. The van der Waals surface area contributed by atoms with Crippen LogP contribution in [0.1, 0.15) is 34.9 Å². The van der Waals surface area contributed by atoms with Gasteiger partial charge >= 0.3 is 5.97 Å². The molecule has 9 heteroatoms. The van der Waals surface area contributed by atoms with E-state index in [4.69, 9.17) is 9.84 Å². The van der Waals surface area contributed by atoms with Gasteiger partial charge in [-0.2, -0.15) is 0 Å². The first-order valence-electron chi connectivity index (χ1n) is 7.83. The summed E-state index contributed by atoms with van der Waals surface area (Å²) in [4.78, 5) is 23.1. The Morgan fingerprint density at radius 1 is 1.40 bits per heavy atom. The zero-order chi connectivity index (χ0) is 17.8. The summed E-state index contributed by atoms with van der Waals surface area (Å²) in [5.74, 6) is -1.94. The highest BCUT2D eigenvalue weighted by molar-refractivity contribution is 5.84. The number of ether oxygens (including phenoxy) is 1. The smallest absolute Gasteiger partial charge is 0.358 e. The molecule has 8 nitrogen and oxygen atoms in total. The normalized spacial score (nSPS) is 18.0. The maximum absolute atomic E-state index is 13.2. The number of rotatable bonds is 6. The fourth-order valence-electron chi connectivity index (χ4n) is 2.77. The zero-order valence-corrected chi connectivity index (χ0v) is 13.3. The van der Waals surface area contributed by atoms with Crippen molar-refractivity contribution >= 4 is 11.9 Å². The lowest BCUT2D eigenvalue weighted by Gasteiger charge is -2.24. The molecule has 2 atom stereocenters. The predicted molar refractivity (Wildman–Crippen MR) is 83.2 cm³/mol. The number of nitrogens with one attached hydrogen (secondary N) is 1. The van der Waals surface area contributed by atoms with Gasteiger partial charge in [-0.1, -0.05) is 17.3 Å². The van der Waals surface area contributed by atoms with E-state index in [0.29, 0.717) is 6.61 Å². The molecular formula is C16H17FN4O4. The molecule has 0 radical (unpaired) electrons. The molecular weight excluding hydrogens is 331 g/mol. The van der Waals surface area contributed by atoms with Crippen molar-refractivity contribution in [3.05, 3.63) is 47.5 Å². The Bertz CT molecular complexity index is 756. The Labute approximate surface area is 142 Å². The van der Waals surface area contributed by atoms with E-state index in [9.17, 15) is 14.0 Å². The number of benzene rings is 1. The van der Waals surface area contributed by atoms with E-state index in [1.54, 1.807) is 12.1 Å². The third-order valence-corrected chi connectivity index (χ3v) is 3.95. The average Bonchev–Trinajstić information content (AvgIpc) is 3.25. The van der Waals surface area contributed by atoms with Gasteiger partial charge in [0.05, 0.1) is 18.3 Å². The molecule has 3 rings (SSSR count). The molecule has 0 aliphatic carbocycles. The van der Waals surface area contributed by atoms with E-state index in [1.807, 2.05) is 0 Å². The van der Waals surface area contributed by atoms with E-state index < -0.39 is 12.0 Å². The lowest BCUT2D eigenvalue weighted by atomic mass is 9.99. The summed E-state index contributed by atoms with van der Waals surface area (Å²) in [7, 11) is 0. The second-order valence-corrected chi connectivity index (χ2v) is 5.75. The average molecular weight is 348 g/mol. The van der Waals surface area contributed by atoms with Crippen LogP contribution in [0.15, 0.2) is 30.5 Å². The van der Waals surface area contributed by atoms with E-state index in [-0.39, 0.29) is 30.1 Å². The van der Waals surface area contributed by atoms with Gasteiger partial charge in [-0.3, -0.25) is 4.79 Å². The number of carbonyl (C=O) groups excluding carboxylic acids is 1. The monoisotopic (exact) mass is 348 g/mol. The van der Waals surface area contributed by atoms with Crippen LogP contribution < -0.4 is 5.32 Å². The van der Waals surface area contributed by atoms with Crippen LogP contribution in [-0.2, 0) is 16.1 Å². The topological polar surface area (TPSA) is 106 Å². The quantitative estimate of drug-likeness (QED) is 0.811. The van der Waals surface area contributed by atoms with Crippen molar-refractivity contribution in [2.24, 2.45) is 0 Å². The van der Waals surface area contributed by atoms with Crippen LogP contribution >= 0.6 is 0 Å². The van der Waals surface area contributed by atoms with Crippen LogP contribution in [-0.4, -0.2) is 44.7 Å². The summed E-state index contributed by atoms with van der Waals surface area (Å²) < 4.78 is 20.0. The Morgan fingerprint density at radius 2 is 2.16 bits per heavy atom. The van der Waals surface area contributed by atoms with Crippen molar-refractivity contribution in [1.29, 1.82) is 0 Å². The third kappa shape index (κ3) is 4.18. The second-order valence-electron chi connectivity index (χ2n) is 5.75. The van der Waals surface area contributed by atoms with Gasteiger partial charge in [0, 0.05) is 6.61 Å². The Balaban J connectivity index is 1.71. The Morgan fingerprint density at radius 3 is 2.76 bits per heavy atom. The first kappa shape index (κ1) is 17.0. The van der Waals surface area contributed by atoms with Crippen LogP contribution in [0.5, 0.6) is 0 Å². The minimum atomic E-state index is -1.21. The van der Waals surface area contributed by atoms with Crippen LogP contribution in [0.3, 0.4) is 0 Å². The molecule has 25 heavy (non-hydrogen) atoms. The van der Waals surface area contributed by atoms with Crippen LogP contribution in [0.4, 0.5) is 4.39 Å². The molecule has 1 fully saturated rings. The number of hydrogen-bond acceptors (Lipinski definition) is 5. The molecule has 0 spiro atoms. The van der Waals surface area contributed by atoms with Crippen molar-refractivity contribution in [1.82, 2.24) is 20.3 Å². The molecule has 1 aliphatic heterocycles. The molecule has 1 aromatic heterocycles. The maximum Gasteiger partial charge on any atom is 0.358 e. The largest absolute Gasteiger partial charge is 0.476 e. The predicted octanol–water partition coefficient (Wildman–Crippen LogP) is 1.15. The summed E-state index contributed by atoms with van der Waals surface area (Å²) in [6.45, 7) is 0.438. The molecule has 1 aromatic carbocycles. The van der Waals surface area contributed by atoms with E-state index >= 15 is 0 Å². The molecule has 1 saturated heterocycles. The molecule has 1 aliphatic rings. The minimum Gasteiger partial charge on any atom is -0.476 e. The highest BCUT2D eigenvalue weighted by Gasteiger charge is 2.29. The molecule has 2 heterocycles. The van der Waals surface area contributed by atoms with Crippen molar-refractivity contribution in [2.75, 3.05) is 6.61 Å². The highest BCUT2D eigenvalue weighted by atomic mass is 19.1. The van der Waals surface area contributed by atoms with Gasteiger partial charge < -0.3 is 15.2 Å². The van der Waals surface area contributed by atoms with Gasteiger partial charge in [-0.05, 0) is 30.5 Å². The van der Waals surface area contributed by atoms with E-state index in [2.05, 4.69) is 15.6 Å². The van der Waals surface area contributed by atoms with Crippen LogP contribution in [0, 0.1) is 5.82 Å². The molecule has 0 bridgehead atoms. The van der Waals surface area contributed by atoms with E-state index in [1.165, 1.54) is 18.3 Å². The van der Waals surface area contributed by atoms with Gasteiger partial charge in [-0.15, -0.1) is 5.10 Å². The SMILES string of the molecule is O=C(Cn1cc(C(=O)O)nn1)N[C@H](c1ccc(F)cc1)[C@@H]1CCCO1. The minimum absolute atomic E-state index is 0.176. The fourth-order valence-corrected chi connectivity index (χ4v) is 2.77. The molecule has 0 unspecified atom stereocenters. The second kappa shape index (κ2) is 7.39. The molecule has 2 aromatic rings. The molecule has 0 saturated carbocycles. The van der Waals surface area contributed by atoms with Gasteiger partial charge in [-0.25, -0.2) is 13.9 Å². The zero-order valence-electron chi connectivity index (χ0n) is 13.3. The number of aromatic carboxylic acids is 1. The molecule has 132 valence electrons. The lowest BCUT2D eigenvalue weighted by Crippen LogP contribution is -2.38. The first-order valence-corrected chi connectivity index (χ1v) is 7.83. The number of hydrogen-bond donors (Lipinski definition) is 2. The van der Waals surface area contributed by atoms with Gasteiger partial charge in [0.1, 0.15) is 12.4 Å². The maximum atomic E-state index is 13.2. The first-order chi connectivity index (χ1) is 12.0. The standard InChI is InChI=1S/C16H17FN4O4/c17-11-5-3-10(4-6-11)15(13-2-1-7-25-13)18-14(22)9-21-8-12(16(23)24)19-20-21/h3-6,8,13,15H,1-2,7,9H2,(H,18,22)(H,23,24)/t13-,15+/m0/s1. The van der Waals surface area contributed by atoms with Gasteiger partial charge in [0.15, 0.2) is 5.69 Å². The molecule has 2 N–H and O–H groups in total. The van der Waals surface area contributed by atoms with Crippen molar-refractivity contribution in [3.8, 4) is 0 Å². The summed E-state index contributed by atoms with van der Waals surface area (Å²) in [6, 6.07) is 5.47. The Hall–Kier alpha value is -2.81. The third-order valence-electron chi connectivity index (χ3n) is 3.95. The number of nitrogens with zero attached hydrogens (tertiary/aromatic N) is 3. The summed E-state index contributed by atoms with van der Waals surface area (Å²) in [5, 5.41) is 18.8. The number of amides is 1. The lowest BCUT2D eigenvalue weighted by molar-refractivity contribution is -0.123. The van der Waals surface area contributed by atoms with Crippen molar-refractivity contribution in [2.45, 2.75) is 31.5 Å². The number of carbonyl (C=O) groups is 2. The number of carboxylic acid groups (broad SMARTS) is 1. The van der Waals surface area contributed by atoms with Gasteiger partial charge in [0.25, 0.3) is 0 Å². The Kier molecular flexibility index (Phi) is 5.03. The summed E-state index contributed by atoms with van der Waals surface area (Å²) >= 11 is 0. The summed E-state index contributed by atoms with van der Waals surface area (Å²) in [6.07, 6.45) is 2.67. The van der Waals surface area contributed by atoms with Crippen molar-refractivity contribution < 1.29 is 23.8 Å².